The zero-order valence-corrected chi connectivity index (χ0v) is 9.77. The Morgan fingerprint density at radius 2 is 2.33 bits per heavy atom. The molecule has 2 heterocycles. The van der Waals surface area contributed by atoms with Crippen molar-refractivity contribution >= 4 is 28.9 Å². The first kappa shape index (κ1) is 10.9. The molecule has 3 nitrogen and oxygen atoms in total. The molecule has 2 rings (SSSR count). The van der Waals surface area contributed by atoms with E-state index in [2.05, 4.69) is 0 Å². The molecule has 0 radical (unpaired) electrons. The molecule has 1 aliphatic heterocycles. The molecule has 5 heteroatoms. The highest BCUT2D eigenvalue weighted by molar-refractivity contribution is 7.16. The fraction of sp³-hybridized carbons (Fsp3) is 0.500. The van der Waals surface area contributed by atoms with Crippen molar-refractivity contribution in [2.45, 2.75) is 12.3 Å². The lowest BCUT2D eigenvalue weighted by Gasteiger charge is -2.43. The van der Waals surface area contributed by atoms with Crippen LogP contribution in [0, 0.1) is 5.92 Å². The third kappa shape index (κ3) is 1.67. The second kappa shape index (κ2) is 3.77. The van der Waals surface area contributed by atoms with E-state index in [0.29, 0.717) is 17.6 Å². The summed E-state index contributed by atoms with van der Waals surface area (Å²) in [6.45, 7) is 2.66. The van der Waals surface area contributed by atoms with Crippen molar-refractivity contribution in [2.24, 2.45) is 5.92 Å². The van der Waals surface area contributed by atoms with Gasteiger partial charge in [-0.2, -0.15) is 0 Å². The zero-order chi connectivity index (χ0) is 11.1. The molecule has 82 valence electrons. The molecule has 1 N–H and O–H groups in total. The Bertz CT molecular complexity index is 384. The van der Waals surface area contributed by atoms with E-state index < -0.39 is 11.9 Å². The Labute approximate surface area is 96.6 Å². The van der Waals surface area contributed by atoms with Crippen molar-refractivity contribution in [2.75, 3.05) is 13.2 Å². The molecule has 1 atom stereocenters. The molecule has 1 fully saturated rings. The highest BCUT2D eigenvalue weighted by atomic mass is 35.5. The standard InChI is InChI=1S/C10H11ClO3S/c1-6(9(12)13)10(4-14-5-10)7-2-3-8(11)15-7/h2-3,6H,4-5H2,1H3,(H,12,13). The topological polar surface area (TPSA) is 46.5 Å². The minimum Gasteiger partial charge on any atom is -0.481 e. The minimum atomic E-state index is -0.789. The van der Waals surface area contributed by atoms with Gasteiger partial charge in [0.25, 0.3) is 0 Å². The highest BCUT2D eigenvalue weighted by Crippen LogP contribution is 2.43. The maximum absolute atomic E-state index is 11.0. The fourth-order valence-electron chi connectivity index (χ4n) is 1.75. The molecule has 1 unspecified atom stereocenters. The molecular weight excluding hydrogens is 236 g/mol. The summed E-state index contributed by atoms with van der Waals surface area (Å²) in [5.74, 6) is -1.23. The van der Waals surface area contributed by atoms with Gasteiger partial charge in [-0.25, -0.2) is 0 Å². The summed E-state index contributed by atoms with van der Waals surface area (Å²) in [6.07, 6.45) is 0. The third-order valence-electron chi connectivity index (χ3n) is 2.98. The van der Waals surface area contributed by atoms with Gasteiger partial charge in [-0.3, -0.25) is 4.79 Å². The Morgan fingerprint density at radius 1 is 1.67 bits per heavy atom. The van der Waals surface area contributed by atoms with Crippen LogP contribution in [0.1, 0.15) is 11.8 Å². The number of halogens is 1. The largest absolute Gasteiger partial charge is 0.481 e. The van der Waals surface area contributed by atoms with E-state index >= 15 is 0 Å². The van der Waals surface area contributed by atoms with Crippen LogP contribution in [0.15, 0.2) is 12.1 Å². The zero-order valence-electron chi connectivity index (χ0n) is 8.20. The normalized spacial score (nSPS) is 20.7. The molecule has 1 aliphatic rings. The van der Waals surface area contributed by atoms with Crippen molar-refractivity contribution in [1.82, 2.24) is 0 Å². The van der Waals surface area contributed by atoms with Gasteiger partial charge in [0.15, 0.2) is 0 Å². The van der Waals surface area contributed by atoms with Crippen LogP contribution in [0.25, 0.3) is 0 Å². The average Bonchev–Trinajstić information content (AvgIpc) is 2.50. The van der Waals surface area contributed by atoms with Gasteiger partial charge in [-0.15, -0.1) is 11.3 Å². The molecule has 15 heavy (non-hydrogen) atoms. The van der Waals surface area contributed by atoms with Crippen molar-refractivity contribution < 1.29 is 14.6 Å². The SMILES string of the molecule is CC(C(=O)O)C1(c2ccc(Cl)s2)COC1. The second-order valence-corrected chi connectivity index (χ2v) is 5.53. The first-order valence-electron chi connectivity index (χ1n) is 4.62. The van der Waals surface area contributed by atoms with E-state index in [1.54, 1.807) is 13.0 Å². The molecule has 0 aromatic carbocycles. The van der Waals surface area contributed by atoms with Crippen LogP contribution in [0.5, 0.6) is 0 Å². The van der Waals surface area contributed by atoms with Gasteiger partial charge in [-0.1, -0.05) is 18.5 Å². The summed E-state index contributed by atoms with van der Waals surface area (Å²) in [6, 6.07) is 3.70. The number of carboxylic acid groups (broad SMARTS) is 1. The smallest absolute Gasteiger partial charge is 0.307 e. The number of ether oxygens (including phenoxy) is 1. The van der Waals surface area contributed by atoms with E-state index in [4.69, 9.17) is 21.4 Å². The molecule has 0 bridgehead atoms. The number of thiophene rings is 1. The summed E-state index contributed by atoms with van der Waals surface area (Å²) in [4.78, 5) is 12.0. The van der Waals surface area contributed by atoms with E-state index in [9.17, 15) is 4.79 Å². The summed E-state index contributed by atoms with van der Waals surface area (Å²) >= 11 is 7.30. The number of carbonyl (C=O) groups is 1. The second-order valence-electron chi connectivity index (χ2n) is 3.81. The fourth-order valence-corrected chi connectivity index (χ4v) is 3.04. The van der Waals surface area contributed by atoms with Gasteiger partial charge in [0, 0.05) is 4.88 Å². The number of carboxylic acids is 1. The van der Waals surface area contributed by atoms with E-state index in [0.717, 1.165) is 4.88 Å². The molecule has 0 aliphatic carbocycles. The molecule has 0 amide bonds. The molecule has 0 spiro atoms. The third-order valence-corrected chi connectivity index (χ3v) is 4.43. The lowest BCUT2D eigenvalue weighted by molar-refractivity contribution is -0.155. The van der Waals surface area contributed by atoms with Gasteiger partial charge in [0.05, 0.1) is 28.9 Å². The lowest BCUT2D eigenvalue weighted by Crippen LogP contribution is -2.53. The Morgan fingerprint density at radius 3 is 2.67 bits per heavy atom. The van der Waals surface area contributed by atoms with E-state index in [-0.39, 0.29) is 5.41 Å². The first-order chi connectivity index (χ1) is 7.06. The van der Waals surface area contributed by atoms with Gasteiger partial charge < -0.3 is 9.84 Å². The Kier molecular flexibility index (Phi) is 2.75. The van der Waals surface area contributed by atoms with Crippen LogP contribution >= 0.6 is 22.9 Å². The Hall–Kier alpha value is -0.580. The van der Waals surface area contributed by atoms with Crippen molar-refractivity contribution in [3.63, 3.8) is 0 Å². The summed E-state index contributed by atoms with van der Waals surface area (Å²) in [5.41, 5.74) is -0.371. The summed E-state index contributed by atoms with van der Waals surface area (Å²) in [5, 5.41) is 9.07. The molecular formula is C10H11ClO3S. The molecule has 1 aromatic heterocycles. The highest BCUT2D eigenvalue weighted by Gasteiger charge is 2.49. The molecule has 0 saturated carbocycles. The number of rotatable bonds is 3. The Balaban J connectivity index is 2.33. The van der Waals surface area contributed by atoms with Gasteiger partial charge >= 0.3 is 5.97 Å². The van der Waals surface area contributed by atoms with Crippen molar-refractivity contribution in [1.29, 1.82) is 0 Å². The first-order valence-corrected chi connectivity index (χ1v) is 5.82. The predicted molar refractivity (Wildman–Crippen MR) is 58.6 cm³/mol. The van der Waals surface area contributed by atoms with Gasteiger partial charge in [0.2, 0.25) is 0 Å². The van der Waals surface area contributed by atoms with E-state index in [1.807, 2.05) is 6.07 Å². The quantitative estimate of drug-likeness (QED) is 0.891. The maximum Gasteiger partial charge on any atom is 0.307 e. The van der Waals surface area contributed by atoms with Crippen molar-refractivity contribution in [3.8, 4) is 0 Å². The van der Waals surface area contributed by atoms with Crippen LogP contribution < -0.4 is 0 Å². The van der Waals surface area contributed by atoms with Crippen LogP contribution in [0.2, 0.25) is 4.34 Å². The number of aliphatic carboxylic acids is 1. The van der Waals surface area contributed by atoms with Crippen LogP contribution in [0.3, 0.4) is 0 Å². The predicted octanol–water partition coefficient (Wildman–Crippen LogP) is 2.39. The minimum absolute atomic E-state index is 0.371. The number of hydrogen-bond acceptors (Lipinski definition) is 3. The molecule has 1 saturated heterocycles. The van der Waals surface area contributed by atoms with Crippen molar-refractivity contribution in [3.05, 3.63) is 21.3 Å². The summed E-state index contributed by atoms with van der Waals surface area (Å²) in [7, 11) is 0. The van der Waals surface area contributed by atoms with Crippen LogP contribution in [-0.4, -0.2) is 24.3 Å². The maximum atomic E-state index is 11.0. The monoisotopic (exact) mass is 246 g/mol. The summed E-state index contributed by atoms with van der Waals surface area (Å²) < 4.78 is 5.86. The van der Waals surface area contributed by atoms with Gasteiger partial charge in [-0.05, 0) is 12.1 Å². The number of hydrogen-bond donors (Lipinski definition) is 1. The molecule has 1 aromatic rings. The average molecular weight is 247 g/mol. The van der Waals surface area contributed by atoms with Crippen LogP contribution in [-0.2, 0) is 14.9 Å². The van der Waals surface area contributed by atoms with E-state index in [1.165, 1.54) is 11.3 Å². The van der Waals surface area contributed by atoms with Gasteiger partial charge in [0.1, 0.15) is 0 Å². The van der Waals surface area contributed by atoms with Crippen LogP contribution in [0.4, 0.5) is 0 Å². The lowest BCUT2D eigenvalue weighted by atomic mass is 9.73.